The van der Waals surface area contributed by atoms with Crippen LogP contribution in [0.3, 0.4) is 0 Å². The molecule has 11 heavy (non-hydrogen) atoms. The predicted octanol–water partition coefficient (Wildman–Crippen LogP) is 2.36. The molecule has 2 aromatic rings. The van der Waals surface area contributed by atoms with Crippen molar-refractivity contribution in [1.29, 1.82) is 0 Å². The highest BCUT2D eigenvalue weighted by molar-refractivity contribution is 5.36. The van der Waals surface area contributed by atoms with Crippen LogP contribution in [0.4, 0.5) is 0 Å². The van der Waals surface area contributed by atoms with Crippen LogP contribution in [-0.2, 0) is 0 Å². The van der Waals surface area contributed by atoms with Gasteiger partial charge in [0.1, 0.15) is 5.65 Å². The Morgan fingerprint density at radius 1 is 1.18 bits per heavy atom. The van der Waals surface area contributed by atoms with E-state index in [0.29, 0.717) is 0 Å². The average Bonchev–Trinajstić information content (AvgIpc) is 2.55. The smallest absolute Gasteiger partial charge is 0.136 e. The second-order valence-electron chi connectivity index (χ2n) is 1.89. The van der Waals surface area contributed by atoms with Crippen LogP contribution in [0.2, 0.25) is 0 Å². The third-order valence-electron chi connectivity index (χ3n) is 1.30. The molecule has 0 amide bonds. The Hall–Kier alpha value is -1.31. The van der Waals surface area contributed by atoms with E-state index >= 15 is 0 Å². The van der Waals surface area contributed by atoms with E-state index in [0.717, 1.165) is 5.65 Å². The number of imidazole rings is 1. The van der Waals surface area contributed by atoms with Crippen molar-refractivity contribution in [3.63, 3.8) is 0 Å². The van der Waals surface area contributed by atoms with E-state index < -0.39 is 0 Å². The van der Waals surface area contributed by atoms with Crippen LogP contribution in [0.25, 0.3) is 5.65 Å². The molecule has 0 saturated carbocycles. The summed E-state index contributed by atoms with van der Waals surface area (Å²) in [6.45, 7) is 4.00. The number of hydrogen-bond acceptors (Lipinski definition) is 1. The highest BCUT2D eigenvalue weighted by atomic mass is 15.0. The van der Waals surface area contributed by atoms with Crippen LogP contribution in [0.1, 0.15) is 13.8 Å². The number of nitrogens with zero attached hydrogens (tertiary/aromatic N) is 2. The normalized spacial score (nSPS) is 8.91. The fraction of sp³-hybridized carbons (Fsp3) is 0.222. The van der Waals surface area contributed by atoms with Crippen molar-refractivity contribution >= 4 is 5.65 Å². The van der Waals surface area contributed by atoms with E-state index in [1.807, 2.05) is 48.8 Å². The Morgan fingerprint density at radius 3 is 2.73 bits per heavy atom. The number of fused-ring (bicyclic) bond motifs is 1. The Labute approximate surface area is 66.5 Å². The molecule has 0 aliphatic rings. The van der Waals surface area contributed by atoms with Gasteiger partial charge in [0.05, 0.1) is 0 Å². The summed E-state index contributed by atoms with van der Waals surface area (Å²) in [5, 5.41) is 0. The van der Waals surface area contributed by atoms with Gasteiger partial charge in [-0.15, -0.1) is 0 Å². The number of hydrogen-bond donors (Lipinski definition) is 0. The highest BCUT2D eigenvalue weighted by Gasteiger charge is 1.85. The van der Waals surface area contributed by atoms with Gasteiger partial charge in [0, 0.05) is 18.6 Å². The zero-order chi connectivity index (χ0) is 8.10. The summed E-state index contributed by atoms with van der Waals surface area (Å²) >= 11 is 0. The Kier molecular flexibility index (Phi) is 2.66. The molecule has 0 radical (unpaired) electrons. The summed E-state index contributed by atoms with van der Waals surface area (Å²) in [6.07, 6.45) is 5.69. The lowest BCUT2D eigenvalue weighted by Crippen LogP contribution is -1.77. The van der Waals surface area contributed by atoms with Gasteiger partial charge in [-0.25, -0.2) is 4.98 Å². The zero-order valence-electron chi connectivity index (χ0n) is 6.86. The van der Waals surface area contributed by atoms with Crippen LogP contribution in [0.5, 0.6) is 0 Å². The van der Waals surface area contributed by atoms with Gasteiger partial charge in [-0.2, -0.15) is 0 Å². The second-order valence-corrected chi connectivity index (χ2v) is 1.89. The monoisotopic (exact) mass is 148 g/mol. The minimum absolute atomic E-state index is 0.998. The van der Waals surface area contributed by atoms with E-state index in [9.17, 15) is 0 Å². The molecule has 0 aliphatic heterocycles. The highest BCUT2D eigenvalue weighted by Crippen LogP contribution is 1.96. The first-order valence-electron chi connectivity index (χ1n) is 3.84. The topological polar surface area (TPSA) is 17.3 Å². The standard InChI is InChI=1S/C7H6N2.C2H6/c1-2-5-9-6-4-8-7(9)3-1;1-2/h1-6H;1-2H3. The van der Waals surface area contributed by atoms with E-state index in [1.165, 1.54) is 0 Å². The van der Waals surface area contributed by atoms with Crippen molar-refractivity contribution in [1.82, 2.24) is 9.38 Å². The molecule has 0 unspecified atom stereocenters. The molecule has 58 valence electrons. The molecule has 0 aromatic carbocycles. The van der Waals surface area contributed by atoms with Gasteiger partial charge in [-0.3, -0.25) is 0 Å². The van der Waals surface area contributed by atoms with Crippen LogP contribution < -0.4 is 0 Å². The third-order valence-corrected chi connectivity index (χ3v) is 1.30. The first-order chi connectivity index (χ1) is 5.47. The predicted molar refractivity (Wildman–Crippen MR) is 46.5 cm³/mol. The minimum atomic E-state index is 0.998. The van der Waals surface area contributed by atoms with Crippen LogP contribution >= 0.6 is 0 Å². The summed E-state index contributed by atoms with van der Waals surface area (Å²) in [4.78, 5) is 4.08. The molecule has 0 saturated heterocycles. The average molecular weight is 148 g/mol. The van der Waals surface area contributed by atoms with Gasteiger partial charge in [0.25, 0.3) is 0 Å². The largest absolute Gasteiger partial charge is 0.307 e. The van der Waals surface area contributed by atoms with Crippen LogP contribution in [-0.4, -0.2) is 9.38 Å². The van der Waals surface area contributed by atoms with E-state index in [2.05, 4.69) is 4.98 Å². The summed E-state index contributed by atoms with van der Waals surface area (Å²) in [5.41, 5.74) is 0.998. The molecular weight excluding hydrogens is 136 g/mol. The van der Waals surface area contributed by atoms with Crippen molar-refractivity contribution < 1.29 is 0 Å². The maximum atomic E-state index is 4.08. The van der Waals surface area contributed by atoms with Crippen molar-refractivity contribution in [2.24, 2.45) is 0 Å². The summed E-state index contributed by atoms with van der Waals surface area (Å²) in [6, 6.07) is 5.93. The van der Waals surface area contributed by atoms with Gasteiger partial charge >= 0.3 is 0 Å². The second kappa shape index (κ2) is 3.76. The molecule has 2 heteroatoms. The molecule has 0 aliphatic carbocycles. The molecule has 0 atom stereocenters. The fourth-order valence-corrected chi connectivity index (χ4v) is 0.864. The lowest BCUT2D eigenvalue weighted by atomic mass is 10.5. The first kappa shape index (κ1) is 7.79. The van der Waals surface area contributed by atoms with Gasteiger partial charge in [0.15, 0.2) is 0 Å². The SMILES string of the molecule is CC.c1ccn2ccnc2c1. The van der Waals surface area contributed by atoms with Crippen molar-refractivity contribution in [2.45, 2.75) is 13.8 Å². The molecule has 0 spiro atoms. The zero-order valence-corrected chi connectivity index (χ0v) is 6.86. The van der Waals surface area contributed by atoms with Crippen LogP contribution in [0.15, 0.2) is 36.8 Å². The quantitative estimate of drug-likeness (QED) is 0.560. The Bertz CT molecular complexity index is 282. The molecule has 2 aromatic heterocycles. The Balaban J connectivity index is 0.000000281. The summed E-state index contributed by atoms with van der Waals surface area (Å²) < 4.78 is 1.97. The molecule has 0 N–H and O–H groups in total. The molecule has 2 heterocycles. The Morgan fingerprint density at radius 2 is 2.00 bits per heavy atom. The van der Waals surface area contributed by atoms with Gasteiger partial charge in [-0.05, 0) is 12.1 Å². The number of pyridine rings is 1. The maximum Gasteiger partial charge on any atom is 0.136 e. The molecule has 0 fully saturated rings. The lowest BCUT2D eigenvalue weighted by molar-refractivity contribution is 1.19. The molecule has 0 bridgehead atoms. The van der Waals surface area contributed by atoms with Gasteiger partial charge < -0.3 is 4.40 Å². The van der Waals surface area contributed by atoms with Crippen molar-refractivity contribution in [2.75, 3.05) is 0 Å². The molecule has 2 rings (SSSR count). The van der Waals surface area contributed by atoms with Crippen molar-refractivity contribution in [3.05, 3.63) is 36.8 Å². The maximum absolute atomic E-state index is 4.08. The summed E-state index contributed by atoms with van der Waals surface area (Å²) in [5.74, 6) is 0. The number of aromatic nitrogens is 2. The molecular formula is C9H12N2. The third kappa shape index (κ3) is 1.58. The lowest BCUT2D eigenvalue weighted by Gasteiger charge is -1.86. The van der Waals surface area contributed by atoms with Gasteiger partial charge in [-0.1, -0.05) is 19.9 Å². The van der Waals surface area contributed by atoms with E-state index in [-0.39, 0.29) is 0 Å². The summed E-state index contributed by atoms with van der Waals surface area (Å²) in [7, 11) is 0. The van der Waals surface area contributed by atoms with Crippen molar-refractivity contribution in [3.8, 4) is 0 Å². The van der Waals surface area contributed by atoms with Crippen LogP contribution in [0, 0.1) is 0 Å². The molecule has 2 nitrogen and oxygen atoms in total. The van der Waals surface area contributed by atoms with E-state index in [4.69, 9.17) is 0 Å². The minimum Gasteiger partial charge on any atom is -0.307 e. The first-order valence-corrected chi connectivity index (χ1v) is 3.84. The fourth-order valence-electron chi connectivity index (χ4n) is 0.864. The van der Waals surface area contributed by atoms with E-state index in [1.54, 1.807) is 6.20 Å². The number of rotatable bonds is 0. The van der Waals surface area contributed by atoms with Gasteiger partial charge in [0.2, 0.25) is 0 Å².